The van der Waals surface area contributed by atoms with Crippen LogP contribution in [0.25, 0.3) is 10.6 Å². The summed E-state index contributed by atoms with van der Waals surface area (Å²) in [5, 5.41) is 13.1. The van der Waals surface area contributed by atoms with Gasteiger partial charge in [0, 0.05) is 16.5 Å². The summed E-state index contributed by atoms with van der Waals surface area (Å²) in [4.78, 5) is 16.3. The second-order valence-electron chi connectivity index (χ2n) is 4.89. The van der Waals surface area contributed by atoms with E-state index in [1.165, 1.54) is 21.6 Å². The Kier molecular flexibility index (Phi) is 5.63. The van der Waals surface area contributed by atoms with Gasteiger partial charge in [-0.15, -0.1) is 11.3 Å². The molecule has 0 saturated carbocycles. The summed E-state index contributed by atoms with van der Waals surface area (Å²) in [6.45, 7) is 10.1. The topological polar surface area (TPSA) is 57.5 Å². The van der Waals surface area contributed by atoms with Crippen molar-refractivity contribution in [2.24, 2.45) is 0 Å². The zero-order valence-electron chi connectivity index (χ0n) is 12.2. The number of hydrogen-bond acceptors (Lipinski definition) is 4. The molecule has 1 N–H and O–H groups in total. The summed E-state index contributed by atoms with van der Waals surface area (Å²) in [6.07, 6.45) is 3.78. The minimum Gasteiger partial charge on any atom is -0.543 e. The molecule has 0 saturated heterocycles. The number of nitrogens with zero attached hydrogens (tertiary/aromatic N) is 1. The number of carboxylic acid groups (broad SMARTS) is 1. The molecule has 0 aliphatic rings. The Morgan fingerprint density at radius 3 is 2.55 bits per heavy atom. The molecule has 0 bridgehead atoms. The van der Waals surface area contributed by atoms with E-state index in [9.17, 15) is 9.90 Å². The number of hydrogen-bond donors (Lipinski definition) is 1. The van der Waals surface area contributed by atoms with E-state index < -0.39 is 5.97 Å². The van der Waals surface area contributed by atoms with Crippen LogP contribution in [0, 0.1) is 0 Å². The normalized spacial score (nSPS) is 10.6. The van der Waals surface area contributed by atoms with Gasteiger partial charge in [0.1, 0.15) is 11.6 Å². The average molecular weight is 314 g/mol. The first-order chi connectivity index (χ1) is 10.7. The van der Waals surface area contributed by atoms with Gasteiger partial charge in [0.15, 0.2) is 0 Å². The lowest BCUT2D eigenvalue weighted by atomic mass is 10.1. The van der Waals surface area contributed by atoms with Crippen molar-refractivity contribution in [1.82, 2.24) is 4.98 Å². The van der Waals surface area contributed by atoms with Crippen LogP contribution in [0.3, 0.4) is 0 Å². The molecule has 0 amide bonds. The fourth-order valence-corrected chi connectivity index (χ4v) is 3.13. The molecule has 4 nitrogen and oxygen atoms in total. The number of carbonyl (C=O) groups is 1. The van der Waals surface area contributed by atoms with Crippen LogP contribution in [-0.2, 0) is 6.54 Å². The average Bonchev–Trinajstić information content (AvgIpc) is 2.98. The van der Waals surface area contributed by atoms with E-state index in [4.69, 9.17) is 0 Å². The summed E-state index contributed by atoms with van der Waals surface area (Å²) in [5.41, 5.74) is 2.07. The first kappa shape index (κ1) is 16.1. The molecule has 5 heteroatoms. The molecule has 114 valence electrons. The van der Waals surface area contributed by atoms with Crippen molar-refractivity contribution in [1.29, 1.82) is 0 Å². The lowest BCUT2D eigenvalue weighted by molar-refractivity contribution is -0.902. The zero-order chi connectivity index (χ0) is 15.9. The Hall–Kier alpha value is -2.24. The molecule has 1 heterocycles. The van der Waals surface area contributed by atoms with E-state index >= 15 is 0 Å². The molecular formula is C17H18N2O2S. The van der Waals surface area contributed by atoms with Crippen LogP contribution in [0.1, 0.15) is 16.1 Å². The standard InChI is InChI=1S/C17H18N2O2S/c1-3-9-19(10-4-2)11-13-7-5-6-8-14(13)16-18-15(12-22-16)17(20)21/h3-8,12H,1-2,9-11H2,(H,20,21). The molecule has 22 heavy (non-hydrogen) atoms. The van der Waals surface area contributed by atoms with E-state index in [0.29, 0.717) is 5.01 Å². The molecule has 0 atom stereocenters. The molecule has 0 spiro atoms. The number of thiazole rings is 1. The van der Waals surface area contributed by atoms with Crippen LogP contribution < -0.4 is 10.0 Å². The molecule has 0 radical (unpaired) electrons. The number of aromatic carboxylic acids is 1. The molecule has 0 aliphatic heterocycles. The van der Waals surface area contributed by atoms with Crippen LogP contribution in [0.5, 0.6) is 0 Å². The second kappa shape index (κ2) is 7.68. The number of nitrogens with one attached hydrogen (secondary N) is 1. The summed E-state index contributed by atoms with van der Waals surface area (Å²) in [6, 6.07) is 7.92. The Morgan fingerprint density at radius 1 is 1.27 bits per heavy atom. The van der Waals surface area contributed by atoms with Gasteiger partial charge in [0.05, 0.1) is 24.8 Å². The number of carboxylic acids is 1. The van der Waals surface area contributed by atoms with Crippen LogP contribution in [-0.4, -0.2) is 24.0 Å². The molecule has 0 aliphatic carbocycles. The third-order valence-electron chi connectivity index (χ3n) is 3.27. The van der Waals surface area contributed by atoms with Gasteiger partial charge in [0.2, 0.25) is 0 Å². The summed E-state index contributed by atoms with van der Waals surface area (Å²) < 4.78 is 0. The van der Waals surface area contributed by atoms with Crippen LogP contribution in [0.4, 0.5) is 0 Å². The maximum Gasteiger partial charge on any atom is 0.124 e. The van der Waals surface area contributed by atoms with Gasteiger partial charge in [-0.3, -0.25) is 0 Å². The third kappa shape index (κ3) is 3.90. The number of carbonyl (C=O) groups excluding carboxylic acids is 1. The van der Waals surface area contributed by atoms with Crippen LogP contribution in [0.2, 0.25) is 0 Å². The third-order valence-corrected chi connectivity index (χ3v) is 4.14. The van der Waals surface area contributed by atoms with Gasteiger partial charge in [-0.2, -0.15) is 0 Å². The molecule has 1 aromatic heterocycles. The first-order valence-electron chi connectivity index (χ1n) is 6.96. The van der Waals surface area contributed by atoms with Gasteiger partial charge in [0.25, 0.3) is 0 Å². The highest BCUT2D eigenvalue weighted by Gasteiger charge is 2.13. The molecular weight excluding hydrogens is 296 g/mol. The smallest absolute Gasteiger partial charge is 0.124 e. The van der Waals surface area contributed by atoms with Crippen LogP contribution in [0.15, 0.2) is 55.0 Å². The number of rotatable bonds is 8. The molecule has 2 aromatic rings. The maximum atomic E-state index is 10.9. The first-order valence-corrected chi connectivity index (χ1v) is 7.84. The molecule has 2 rings (SSSR count). The fourth-order valence-electron chi connectivity index (χ4n) is 2.28. The Balaban J connectivity index is 2.30. The van der Waals surface area contributed by atoms with Crippen molar-refractivity contribution in [3.05, 3.63) is 66.2 Å². The predicted molar refractivity (Wildman–Crippen MR) is 86.7 cm³/mol. The number of benzene rings is 1. The van der Waals surface area contributed by atoms with Gasteiger partial charge in [-0.25, -0.2) is 4.98 Å². The van der Waals surface area contributed by atoms with E-state index in [-0.39, 0.29) is 5.69 Å². The summed E-state index contributed by atoms with van der Waals surface area (Å²) in [5.74, 6) is -1.24. The maximum absolute atomic E-state index is 10.9. The minimum absolute atomic E-state index is 0.0174. The van der Waals surface area contributed by atoms with Crippen molar-refractivity contribution >= 4 is 17.3 Å². The molecule has 1 aromatic carbocycles. The zero-order valence-corrected chi connectivity index (χ0v) is 13.1. The van der Waals surface area contributed by atoms with Crippen LogP contribution >= 0.6 is 11.3 Å². The van der Waals surface area contributed by atoms with Gasteiger partial charge in [-0.05, 0) is 12.2 Å². The lowest BCUT2D eigenvalue weighted by Crippen LogP contribution is -3.10. The largest absolute Gasteiger partial charge is 0.543 e. The monoisotopic (exact) mass is 314 g/mol. The van der Waals surface area contributed by atoms with Gasteiger partial charge < -0.3 is 14.8 Å². The lowest BCUT2D eigenvalue weighted by Gasteiger charge is -2.17. The van der Waals surface area contributed by atoms with Gasteiger partial charge >= 0.3 is 0 Å². The van der Waals surface area contributed by atoms with Gasteiger partial charge in [-0.1, -0.05) is 37.4 Å². The summed E-state index contributed by atoms with van der Waals surface area (Å²) in [7, 11) is 0. The van der Waals surface area contributed by atoms with E-state index in [2.05, 4.69) is 18.1 Å². The fraction of sp³-hybridized carbons (Fsp3) is 0.176. The molecule has 0 fully saturated rings. The van der Waals surface area contributed by atoms with Crippen molar-refractivity contribution in [3.63, 3.8) is 0 Å². The highest BCUT2D eigenvalue weighted by molar-refractivity contribution is 7.13. The Bertz CT molecular complexity index is 669. The van der Waals surface area contributed by atoms with Crippen molar-refractivity contribution < 1.29 is 14.8 Å². The Morgan fingerprint density at radius 2 is 1.95 bits per heavy atom. The second-order valence-corrected chi connectivity index (χ2v) is 5.75. The van der Waals surface area contributed by atoms with E-state index in [0.717, 1.165) is 30.8 Å². The minimum atomic E-state index is -1.24. The quantitative estimate of drug-likeness (QED) is 0.738. The van der Waals surface area contributed by atoms with Crippen molar-refractivity contribution in [3.8, 4) is 10.6 Å². The molecule has 0 unspecified atom stereocenters. The SMILES string of the molecule is C=CC[NH+](CC=C)Cc1ccccc1-c1nc(C(=O)[O-])cs1. The van der Waals surface area contributed by atoms with Crippen molar-refractivity contribution in [2.45, 2.75) is 6.54 Å². The Labute approximate surface area is 134 Å². The highest BCUT2D eigenvalue weighted by atomic mass is 32.1. The van der Waals surface area contributed by atoms with E-state index in [1.54, 1.807) is 0 Å². The number of quaternary nitrogens is 1. The predicted octanol–water partition coefficient (Wildman–Crippen LogP) is 0.930. The van der Waals surface area contributed by atoms with Crippen molar-refractivity contribution in [2.75, 3.05) is 13.1 Å². The highest BCUT2D eigenvalue weighted by Crippen LogP contribution is 2.26. The summed E-state index contributed by atoms with van der Waals surface area (Å²) >= 11 is 1.32. The van der Waals surface area contributed by atoms with E-state index in [1.807, 2.05) is 36.4 Å². The number of aromatic nitrogens is 1.